The van der Waals surface area contributed by atoms with E-state index in [0.717, 1.165) is 0 Å². The molecule has 22 heavy (non-hydrogen) atoms. The van der Waals surface area contributed by atoms with Gasteiger partial charge in [-0.25, -0.2) is 4.79 Å². The molecular weight excluding hydrogens is 288 g/mol. The average molecular weight is 302 g/mol. The average Bonchev–Trinajstić information content (AvgIpc) is 2.55. The number of ether oxygens (including phenoxy) is 2. The minimum Gasteiger partial charge on any atom is -0.486 e. The second-order valence-corrected chi connectivity index (χ2v) is 4.70. The fourth-order valence-corrected chi connectivity index (χ4v) is 2.40. The first-order valence-electron chi connectivity index (χ1n) is 6.79. The molecule has 0 spiro atoms. The molecule has 0 saturated heterocycles. The van der Waals surface area contributed by atoms with Crippen molar-refractivity contribution in [3.05, 3.63) is 35.7 Å². The second-order valence-electron chi connectivity index (χ2n) is 4.70. The first-order chi connectivity index (χ1) is 10.7. The zero-order valence-corrected chi connectivity index (χ0v) is 11.7. The Hall–Kier alpha value is -2.76. The molecule has 0 saturated carbocycles. The van der Waals surface area contributed by atoms with Gasteiger partial charge in [-0.1, -0.05) is 0 Å². The minimum absolute atomic E-state index is 0.0218. The van der Waals surface area contributed by atoms with Gasteiger partial charge in [-0.05, 0) is 18.2 Å². The molecule has 0 aromatic heterocycles. The molecule has 3 rings (SSSR count). The van der Waals surface area contributed by atoms with Crippen LogP contribution in [0, 0.1) is 0 Å². The van der Waals surface area contributed by atoms with Crippen molar-refractivity contribution in [1.29, 1.82) is 0 Å². The van der Waals surface area contributed by atoms with Gasteiger partial charge in [-0.3, -0.25) is 10.1 Å². The van der Waals surface area contributed by atoms with Gasteiger partial charge in [0, 0.05) is 18.2 Å². The summed E-state index contributed by atoms with van der Waals surface area (Å²) in [5, 5.41) is 11.6. The number of β-amino-alcohol motifs (C(OH)–C–C–N with tert-alkyl or cyclic N) is 1. The van der Waals surface area contributed by atoms with Crippen molar-refractivity contribution >= 4 is 17.5 Å². The first-order valence-corrected chi connectivity index (χ1v) is 6.79. The van der Waals surface area contributed by atoms with Crippen LogP contribution >= 0.6 is 0 Å². The van der Waals surface area contributed by atoms with Crippen LogP contribution in [0.1, 0.15) is 5.56 Å². The van der Waals surface area contributed by atoms with E-state index in [-0.39, 0.29) is 19.0 Å². The fraction of sp³-hybridized carbons (Fsp3) is 0.267. The normalized spacial score (nSPS) is 16.8. The van der Waals surface area contributed by atoms with E-state index in [1.165, 1.54) is 11.0 Å². The van der Waals surface area contributed by atoms with Crippen molar-refractivity contribution in [2.75, 3.05) is 26.4 Å². The highest BCUT2D eigenvalue weighted by Crippen LogP contribution is 2.34. The van der Waals surface area contributed by atoms with Gasteiger partial charge in [0.2, 0.25) is 5.82 Å². The van der Waals surface area contributed by atoms with Gasteiger partial charge in [-0.15, -0.1) is 0 Å². The number of rotatable bonds is 3. The van der Waals surface area contributed by atoms with Crippen molar-refractivity contribution in [2.45, 2.75) is 0 Å². The first kappa shape index (κ1) is 14.2. The maximum absolute atomic E-state index is 11.7. The number of benzene rings is 1. The molecular formula is C15H14N2O5. The van der Waals surface area contributed by atoms with E-state index in [0.29, 0.717) is 36.0 Å². The lowest BCUT2D eigenvalue weighted by molar-refractivity contribution is -0.116. The number of hydrogen-bond acceptors (Lipinski definition) is 6. The number of carbonyl (C=O) groups excluding carboxylic acids is 2. The predicted octanol–water partition coefficient (Wildman–Crippen LogP) is -0.104. The van der Waals surface area contributed by atoms with Crippen LogP contribution in [0.5, 0.6) is 11.5 Å². The summed E-state index contributed by atoms with van der Waals surface area (Å²) in [5.41, 5.74) is 1.17. The summed E-state index contributed by atoms with van der Waals surface area (Å²) in [4.78, 5) is 24.3. The number of carbonyl (C=O) groups is 1. The largest absolute Gasteiger partial charge is 0.486 e. The number of nitrogens with zero attached hydrogens (tertiary/aromatic N) is 1. The van der Waals surface area contributed by atoms with Crippen LogP contribution in [-0.2, 0) is 9.59 Å². The van der Waals surface area contributed by atoms with Crippen LogP contribution in [0.3, 0.4) is 0 Å². The molecule has 114 valence electrons. The van der Waals surface area contributed by atoms with Crippen molar-refractivity contribution in [2.24, 2.45) is 0 Å². The molecule has 0 unspecified atom stereocenters. The van der Waals surface area contributed by atoms with Gasteiger partial charge in [0.1, 0.15) is 13.2 Å². The molecule has 1 aromatic rings. The lowest BCUT2D eigenvalue weighted by atomic mass is 10.1. The third-order valence-corrected chi connectivity index (χ3v) is 3.33. The smallest absolute Gasteiger partial charge is 0.252 e. The third-order valence-electron chi connectivity index (χ3n) is 3.33. The van der Waals surface area contributed by atoms with Crippen LogP contribution in [0.25, 0.3) is 5.70 Å². The molecule has 0 aliphatic carbocycles. The van der Waals surface area contributed by atoms with Crippen LogP contribution in [0.2, 0.25) is 0 Å². The standard InChI is InChI=1S/C15H14N2O5/c18-4-3-17-11(8-15(20)16-14(17)9-19)10-1-2-12-13(7-10)22-6-5-21-12/h1-2,7-8,18H,3-6H2,(H,16,20). The number of nitrogens with one attached hydrogen (secondary N) is 1. The van der Waals surface area contributed by atoms with Crippen LogP contribution in [0.15, 0.2) is 30.1 Å². The number of aliphatic hydroxyl groups is 1. The van der Waals surface area contributed by atoms with E-state index >= 15 is 0 Å². The molecule has 2 heterocycles. The van der Waals surface area contributed by atoms with Crippen molar-refractivity contribution in [3.8, 4) is 11.5 Å². The van der Waals surface area contributed by atoms with E-state index in [4.69, 9.17) is 9.47 Å². The van der Waals surface area contributed by atoms with Gasteiger partial charge in [-0.2, -0.15) is 0 Å². The molecule has 0 fully saturated rings. The van der Waals surface area contributed by atoms with Gasteiger partial charge < -0.3 is 19.5 Å². The summed E-state index contributed by atoms with van der Waals surface area (Å²) in [7, 11) is 0. The maximum atomic E-state index is 11.7. The summed E-state index contributed by atoms with van der Waals surface area (Å²) >= 11 is 0. The van der Waals surface area contributed by atoms with E-state index in [2.05, 4.69) is 5.32 Å². The molecule has 1 amide bonds. The zero-order chi connectivity index (χ0) is 15.5. The summed E-state index contributed by atoms with van der Waals surface area (Å²) in [5.74, 6) is 2.46. The molecule has 0 radical (unpaired) electrons. The summed E-state index contributed by atoms with van der Waals surface area (Å²) in [6.45, 7) is 0.927. The summed E-state index contributed by atoms with van der Waals surface area (Å²) in [6, 6.07) is 5.26. The Morgan fingerprint density at radius 3 is 2.77 bits per heavy atom. The van der Waals surface area contributed by atoms with Crippen molar-refractivity contribution in [3.63, 3.8) is 0 Å². The molecule has 7 nitrogen and oxygen atoms in total. The number of amides is 1. The Balaban J connectivity index is 2.03. The second kappa shape index (κ2) is 5.93. The lowest BCUT2D eigenvalue weighted by Crippen LogP contribution is -2.40. The van der Waals surface area contributed by atoms with Crippen molar-refractivity contribution in [1.82, 2.24) is 10.2 Å². The van der Waals surface area contributed by atoms with Crippen LogP contribution in [0.4, 0.5) is 0 Å². The SMILES string of the molecule is O=C=C1NC(=O)C=C(c2ccc3c(c2)OCCO3)N1CCO. The lowest BCUT2D eigenvalue weighted by Gasteiger charge is -2.30. The van der Waals surface area contributed by atoms with Crippen LogP contribution in [-0.4, -0.2) is 48.2 Å². The highest BCUT2D eigenvalue weighted by atomic mass is 16.6. The topological polar surface area (TPSA) is 88.1 Å². The summed E-state index contributed by atoms with van der Waals surface area (Å²) < 4.78 is 11.0. The molecule has 7 heteroatoms. The zero-order valence-electron chi connectivity index (χ0n) is 11.7. The van der Waals surface area contributed by atoms with Gasteiger partial charge >= 0.3 is 0 Å². The Morgan fingerprint density at radius 1 is 1.27 bits per heavy atom. The fourth-order valence-electron chi connectivity index (χ4n) is 2.40. The number of fused-ring (bicyclic) bond motifs is 1. The Labute approximate surface area is 126 Å². The van der Waals surface area contributed by atoms with Crippen molar-refractivity contribution < 1.29 is 24.2 Å². The molecule has 1 aromatic carbocycles. The minimum atomic E-state index is -0.419. The van der Waals surface area contributed by atoms with E-state index < -0.39 is 5.91 Å². The quantitative estimate of drug-likeness (QED) is 0.758. The Bertz CT molecular complexity index is 691. The van der Waals surface area contributed by atoms with E-state index in [1.54, 1.807) is 24.1 Å². The van der Waals surface area contributed by atoms with Gasteiger partial charge in [0.25, 0.3) is 5.91 Å². The number of aliphatic hydroxyl groups excluding tert-OH is 1. The summed E-state index contributed by atoms with van der Waals surface area (Å²) in [6.07, 6.45) is 1.36. The van der Waals surface area contributed by atoms with Crippen LogP contribution < -0.4 is 14.8 Å². The monoisotopic (exact) mass is 302 g/mol. The van der Waals surface area contributed by atoms with E-state index in [9.17, 15) is 14.7 Å². The number of hydrogen-bond donors (Lipinski definition) is 2. The molecule has 2 aliphatic heterocycles. The molecule has 0 bridgehead atoms. The Morgan fingerprint density at radius 2 is 2.05 bits per heavy atom. The molecule has 2 aliphatic rings. The van der Waals surface area contributed by atoms with Gasteiger partial charge in [0.05, 0.1) is 12.3 Å². The predicted molar refractivity (Wildman–Crippen MR) is 76.6 cm³/mol. The van der Waals surface area contributed by atoms with E-state index in [1.807, 2.05) is 0 Å². The maximum Gasteiger partial charge on any atom is 0.252 e. The van der Waals surface area contributed by atoms with Gasteiger partial charge in [0.15, 0.2) is 17.4 Å². The Kier molecular flexibility index (Phi) is 3.82. The highest BCUT2D eigenvalue weighted by Gasteiger charge is 2.25. The molecule has 2 N–H and O–H groups in total. The third kappa shape index (κ3) is 2.55. The molecule has 0 atom stereocenters. The highest BCUT2D eigenvalue weighted by molar-refractivity contribution is 5.99.